The van der Waals surface area contributed by atoms with Crippen molar-refractivity contribution in [2.75, 3.05) is 0 Å². The van der Waals surface area contributed by atoms with Crippen molar-refractivity contribution in [2.24, 2.45) is 0 Å². The first-order chi connectivity index (χ1) is 25.5. The molecular weight excluding hydrogens is 629 g/mol. The van der Waals surface area contributed by atoms with E-state index in [0.29, 0.717) is 0 Å². The number of benzene rings is 9. The highest BCUT2D eigenvalue weighted by Gasteiger charge is 2.37. The Labute approximate surface area is 303 Å². The molecule has 11 rings (SSSR count). The highest BCUT2D eigenvalue weighted by atomic mass is 16.5. The number of fused-ring (bicyclic) bond motifs is 8. The summed E-state index contributed by atoms with van der Waals surface area (Å²) in [6.07, 6.45) is 0. The van der Waals surface area contributed by atoms with Crippen molar-refractivity contribution in [2.45, 2.75) is 19.3 Å². The van der Waals surface area contributed by atoms with Crippen LogP contribution in [0.3, 0.4) is 0 Å². The predicted molar refractivity (Wildman–Crippen MR) is 218 cm³/mol. The molecule has 0 unspecified atom stereocenters. The Bertz CT molecular complexity index is 2950. The average molecular weight is 663 g/mol. The summed E-state index contributed by atoms with van der Waals surface area (Å²) in [5.74, 6) is 1.81. The van der Waals surface area contributed by atoms with Crippen LogP contribution in [0.25, 0.3) is 88.0 Å². The maximum Gasteiger partial charge on any atom is 0.135 e. The van der Waals surface area contributed by atoms with Crippen molar-refractivity contribution in [3.63, 3.8) is 0 Å². The van der Waals surface area contributed by atoms with E-state index in [0.717, 1.165) is 17.1 Å². The topological polar surface area (TPSA) is 9.23 Å². The van der Waals surface area contributed by atoms with E-state index in [-0.39, 0.29) is 5.41 Å². The second-order valence-electron chi connectivity index (χ2n) is 14.8. The van der Waals surface area contributed by atoms with Crippen LogP contribution in [-0.2, 0) is 5.41 Å². The fourth-order valence-electron chi connectivity index (χ4n) is 9.15. The van der Waals surface area contributed by atoms with Crippen LogP contribution in [0.1, 0.15) is 25.0 Å². The molecule has 0 spiro atoms. The van der Waals surface area contributed by atoms with Gasteiger partial charge in [0, 0.05) is 16.4 Å². The van der Waals surface area contributed by atoms with Crippen LogP contribution in [0, 0.1) is 0 Å². The van der Waals surface area contributed by atoms with E-state index in [4.69, 9.17) is 4.74 Å². The summed E-state index contributed by atoms with van der Waals surface area (Å²) < 4.78 is 6.57. The molecule has 2 aliphatic rings. The van der Waals surface area contributed by atoms with E-state index in [1.165, 1.54) is 93.5 Å². The third kappa shape index (κ3) is 4.11. The molecule has 0 N–H and O–H groups in total. The van der Waals surface area contributed by atoms with Gasteiger partial charge in [0.1, 0.15) is 11.5 Å². The van der Waals surface area contributed by atoms with Crippen LogP contribution < -0.4 is 4.74 Å². The van der Waals surface area contributed by atoms with Gasteiger partial charge in [-0.2, -0.15) is 0 Å². The molecule has 0 bridgehead atoms. The van der Waals surface area contributed by atoms with Gasteiger partial charge in [-0.1, -0.05) is 153 Å². The largest absolute Gasteiger partial charge is 0.456 e. The third-order valence-electron chi connectivity index (χ3n) is 11.7. The number of hydrogen-bond acceptors (Lipinski definition) is 1. The lowest BCUT2D eigenvalue weighted by atomic mass is 9.80. The molecule has 1 heteroatoms. The summed E-state index contributed by atoms with van der Waals surface area (Å²) >= 11 is 0. The van der Waals surface area contributed by atoms with E-state index in [2.05, 4.69) is 184 Å². The van der Waals surface area contributed by atoms with Crippen molar-refractivity contribution < 1.29 is 4.74 Å². The Morgan fingerprint density at radius 3 is 1.98 bits per heavy atom. The molecule has 1 aliphatic heterocycles. The minimum absolute atomic E-state index is 0.0789. The highest BCUT2D eigenvalue weighted by Crippen LogP contribution is 2.54. The van der Waals surface area contributed by atoms with Crippen LogP contribution in [-0.4, -0.2) is 0 Å². The Hall–Kier alpha value is -6.44. The maximum atomic E-state index is 6.57. The average Bonchev–Trinajstić information content (AvgIpc) is 3.43. The van der Waals surface area contributed by atoms with E-state index < -0.39 is 0 Å². The predicted octanol–water partition coefficient (Wildman–Crippen LogP) is 14.2. The zero-order valence-corrected chi connectivity index (χ0v) is 29.1. The van der Waals surface area contributed by atoms with Gasteiger partial charge in [0.25, 0.3) is 0 Å². The quantitative estimate of drug-likeness (QED) is 0.183. The van der Waals surface area contributed by atoms with Crippen LogP contribution >= 0.6 is 0 Å². The van der Waals surface area contributed by atoms with E-state index in [1.807, 2.05) is 0 Å². The second kappa shape index (κ2) is 10.8. The highest BCUT2D eigenvalue weighted by molar-refractivity contribution is 6.14. The summed E-state index contributed by atoms with van der Waals surface area (Å²) in [6, 6.07) is 62.3. The van der Waals surface area contributed by atoms with Gasteiger partial charge in [-0.3, -0.25) is 0 Å². The Balaban J connectivity index is 1.06. The first-order valence-electron chi connectivity index (χ1n) is 18.2. The minimum Gasteiger partial charge on any atom is -0.456 e. The lowest BCUT2D eigenvalue weighted by Crippen LogP contribution is -2.15. The monoisotopic (exact) mass is 662 g/mol. The third-order valence-corrected chi connectivity index (χ3v) is 11.7. The summed E-state index contributed by atoms with van der Waals surface area (Å²) in [5, 5.41) is 7.48. The molecule has 0 aromatic heterocycles. The van der Waals surface area contributed by atoms with E-state index in [1.54, 1.807) is 0 Å². The standard InChI is InChI=1S/C51H34O/c1-51(2)45-21-9-8-17-42(45)49-40-16-7-6-15-38(40)43(30-46(49)51)37-18-10-14-33-28-34(22-24-35(33)37)36-25-27-48-50-39(36)19-11-20-41(50)44-29-32(23-26-47(44)52-48)31-12-4-3-5-13-31/h3-30H,1-2H3. The van der Waals surface area contributed by atoms with Crippen LogP contribution in [0.2, 0.25) is 0 Å². The molecular formula is C51H34O. The Morgan fingerprint density at radius 2 is 1.08 bits per heavy atom. The zero-order chi connectivity index (χ0) is 34.6. The summed E-state index contributed by atoms with van der Waals surface area (Å²) in [6.45, 7) is 4.75. The zero-order valence-electron chi connectivity index (χ0n) is 29.1. The summed E-state index contributed by atoms with van der Waals surface area (Å²) in [7, 11) is 0. The maximum absolute atomic E-state index is 6.57. The molecule has 0 saturated carbocycles. The Morgan fingerprint density at radius 1 is 0.365 bits per heavy atom. The van der Waals surface area contributed by atoms with Crippen LogP contribution in [0.5, 0.6) is 11.5 Å². The SMILES string of the molecule is CC1(C)c2ccccc2-c2c1cc(-c1cccc3cc(-c4ccc5c6c(cccc46)-c4cc(-c6ccccc6)ccc4O5)ccc13)c1ccccc21. The lowest BCUT2D eigenvalue weighted by molar-refractivity contribution is 0.487. The van der Waals surface area contributed by atoms with Gasteiger partial charge >= 0.3 is 0 Å². The van der Waals surface area contributed by atoms with Gasteiger partial charge < -0.3 is 4.74 Å². The molecule has 244 valence electrons. The minimum atomic E-state index is -0.0789. The summed E-state index contributed by atoms with van der Waals surface area (Å²) in [5.41, 5.74) is 15.2. The van der Waals surface area contributed by atoms with Crippen molar-refractivity contribution in [3.05, 3.63) is 181 Å². The van der Waals surface area contributed by atoms with E-state index in [9.17, 15) is 0 Å². The van der Waals surface area contributed by atoms with Crippen molar-refractivity contribution in [1.29, 1.82) is 0 Å². The van der Waals surface area contributed by atoms with Gasteiger partial charge in [0.05, 0.1) is 0 Å². The molecule has 9 aromatic rings. The second-order valence-corrected chi connectivity index (χ2v) is 14.8. The summed E-state index contributed by atoms with van der Waals surface area (Å²) in [4.78, 5) is 0. The molecule has 0 saturated heterocycles. The van der Waals surface area contributed by atoms with Gasteiger partial charge in [0.2, 0.25) is 0 Å². The first-order valence-corrected chi connectivity index (χ1v) is 18.2. The van der Waals surface area contributed by atoms with Gasteiger partial charge in [-0.15, -0.1) is 0 Å². The molecule has 9 aromatic carbocycles. The molecule has 0 atom stereocenters. The van der Waals surface area contributed by atoms with Crippen LogP contribution in [0.4, 0.5) is 0 Å². The lowest BCUT2D eigenvalue weighted by Gasteiger charge is -2.23. The fraction of sp³-hybridized carbons (Fsp3) is 0.0588. The smallest absolute Gasteiger partial charge is 0.135 e. The molecule has 52 heavy (non-hydrogen) atoms. The van der Waals surface area contributed by atoms with Crippen molar-refractivity contribution in [1.82, 2.24) is 0 Å². The van der Waals surface area contributed by atoms with E-state index >= 15 is 0 Å². The fourth-order valence-corrected chi connectivity index (χ4v) is 9.15. The number of hydrogen-bond donors (Lipinski definition) is 0. The van der Waals surface area contributed by atoms with Crippen molar-refractivity contribution in [3.8, 4) is 67.1 Å². The first kappa shape index (κ1) is 29.3. The number of rotatable bonds is 3. The molecule has 0 fully saturated rings. The molecule has 0 radical (unpaired) electrons. The van der Waals surface area contributed by atoms with Gasteiger partial charge in [0.15, 0.2) is 0 Å². The molecule has 1 nitrogen and oxygen atoms in total. The van der Waals surface area contributed by atoms with Crippen molar-refractivity contribution >= 4 is 32.3 Å². The van der Waals surface area contributed by atoms with Crippen LogP contribution in [0.15, 0.2) is 170 Å². The normalized spacial score (nSPS) is 13.5. The molecule has 0 amide bonds. The van der Waals surface area contributed by atoms with Gasteiger partial charge in [-0.05, 0) is 118 Å². The Kier molecular flexibility index (Phi) is 6.08. The molecule has 1 heterocycles. The molecule has 1 aliphatic carbocycles. The van der Waals surface area contributed by atoms with Gasteiger partial charge in [-0.25, -0.2) is 0 Å². The number of ether oxygens (including phenoxy) is 1.